The van der Waals surface area contributed by atoms with Crippen LogP contribution >= 0.6 is 0 Å². The van der Waals surface area contributed by atoms with Crippen molar-refractivity contribution in [2.24, 2.45) is 0 Å². The van der Waals surface area contributed by atoms with Crippen molar-refractivity contribution in [2.45, 2.75) is 12.5 Å². The second-order valence-electron chi connectivity index (χ2n) is 2.79. The van der Waals surface area contributed by atoms with Crippen molar-refractivity contribution in [2.75, 3.05) is 6.61 Å². The van der Waals surface area contributed by atoms with E-state index in [4.69, 9.17) is 4.74 Å². The lowest BCUT2D eigenvalue weighted by atomic mass is 10.1. The average molecular weight is 152 g/mol. The van der Waals surface area contributed by atoms with Crippen molar-refractivity contribution in [3.8, 4) is 0 Å². The standard InChI is InChI=1S/C9H9FO/c10-8-3-1-7(2-4-8)5-9-6-11-9/h1-4,9H,5-6H2/t9-/m1/s1. The first-order valence-electron chi connectivity index (χ1n) is 3.70. The van der Waals surface area contributed by atoms with E-state index in [1.807, 2.05) is 0 Å². The molecule has 0 saturated carbocycles. The largest absolute Gasteiger partial charge is 0.373 e. The van der Waals surface area contributed by atoms with E-state index in [1.54, 1.807) is 12.1 Å². The van der Waals surface area contributed by atoms with Crippen LogP contribution in [0, 0.1) is 5.82 Å². The maximum Gasteiger partial charge on any atom is 0.123 e. The molecule has 1 nitrogen and oxygen atoms in total. The fourth-order valence-electron chi connectivity index (χ4n) is 1.07. The third kappa shape index (κ3) is 1.77. The molecule has 0 aliphatic carbocycles. The summed E-state index contributed by atoms with van der Waals surface area (Å²) in [5.41, 5.74) is 1.15. The molecule has 1 saturated heterocycles. The summed E-state index contributed by atoms with van der Waals surface area (Å²) in [6, 6.07) is 6.57. The van der Waals surface area contributed by atoms with E-state index in [1.165, 1.54) is 12.1 Å². The molecular weight excluding hydrogens is 143 g/mol. The first kappa shape index (κ1) is 6.80. The first-order valence-corrected chi connectivity index (χ1v) is 3.70. The lowest BCUT2D eigenvalue weighted by Gasteiger charge is -1.95. The van der Waals surface area contributed by atoms with Gasteiger partial charge in [-0.3, -0.25) is 0 Å². The van der Waals surface area contributed by atoms with E-state index in [9.17, 15) is 4.39 Å². The summed E-state index contributed by atoms with van der Waals surface area (Å²) in [4.78, 5) is 0. The molecule has 1 aromatic rings. The van der Waals surface area contributed by atoms with Crippen LogP contribution < -0.4 is 0 Å². The maximum atomic E-state index is 12.4. The molecule has 0 bridgehead atoms. The molecule has 1 aliphatic heterocycles. The van der Waals surface area contributed by atoms with Gasteiger partial charge in [0.25, 0.3) is 0 Å². The van der Waals surface area contributed by atoms with Gasteiger partial charge in [-0.1, -0.05) is 12.1 Å². The highest BCUT2D eigenvalue weighted by Crippen LogP contribution is 2.15. The summed E-state index contributed by atoms with van der Waals surface area (Å²) < 4.78 is 17.5. The van der Waals surface area contributed by atoms with Crippen LogP contribution in [0.25, 0.3) is 0 Å². The predicted octanol–water partition coefficient (Wildman–Crippen LogP) is 1.77. The fourth-order valence-corrected chi connectivity index (χ4v) is 1.07. The Morgan fingerprint density at radius 1 is 1.36 bits per heavy atom. The quantitative estimate of drug-likeness (QED) is 0.588. The molecule has 1 atom stereocenters. The topological polar surface area (TPSA) is 12.5 Å². The minimum Gasteiger partial charge on any atom is -0.373 e. The number of epoxide rings is 1. The Morgan fingerprint density at radius 2 is 2.00 bits per heavy atom. The highest BCUT2D eigenvalue weighted by atomic mass is 19.1. The zero-order chi connectivity index (χ0) is 7.68. The lowest BCUT2D eigenvalue weighted by Crippen LogP contribution is -1.92. The Labute approximate surface area is 64.8 Å². The summed E-state index contributed by atoms with van der Waals surface area (Å²) in [7, 11) is 0. The number of halogens is 1. The van der Waals surface area contributed by atoms with Crippen molar-refractivity contribution in [1.29, 1.82) is 0 Å². The normalized spacial score (nSPS) is 21.7. The number of rotatable bonds is 2. The minimum atomic E-state index is -0.175. The Morgan fingerprint density at radius 3 is 2.55 bits per heavy atom. The van der Waals surface area contributed by atoms with Crippen LogP contribution in [-0.2, 0) is 11.2 Å². The number of benzene rings is 1. The molecule has 58 valence electrons. The number of hydrogen-bond donors (Lipinski definition) is 0. The van der Waals surface area contributed by atoms with Crippen molar-refractivity contribution < 1.29 is 9.13 Å². The van der Waals surface area contributed by atoms with E-state index in [0.29, 0.717) is 6.10 Å². The summed E-state index contributed by atoms with van der Waals surface area (Å²) in [6.07, 6.45) is 1.31. The second kappa shape index (κ2) is 2.62. The second-order valence-corrected chi connectivity index (χ2v) is 2.79. The fraction of sp³-hybridized carbons (Fsp3) is 0.333. The molecule has 11 heavy (non-hydrogen) atoms. The molecule has 1 fully saturated rings. The zero-order valence-corrected chi connectivity index (χ0v) is 6.09. The van der Waals surface area contributed by atoms with Gasteiger partial charge in [0.15, 0.2) is 0 Å². The van der Waals surface area contributed by atoms with Crippen LogP contribution in [0.3, 0.4) is 0 Å². The molecule has 1 heterocycles. The Balaban J connectivity index is 2.06. The van der Waals surface area contributed by atoms with Crippen LogP contribution in [0.4, 0.5) is 4.39 Å². The van der Waals surface area contributed by atoms with Crippen LogP contribution in [0.15, 0.2) is 24.3 Å². The molecule has 0 aromatic heterocycles. The average Bonchev–Trinajstić information content (AvgIpc) is 2.78. The third-order valence-corrected chi connectivity index (χ3v) is 1.78. The SMILES string of the molecule is Fc1ccc(C[C@@H]2CO2)cc1. The van der Waals surface area contributed by atoms with Crippen molar-refractivity contribution in [1.82, 2.24) is 0 Å². The smallest absolute Gasteiger partial charge is 0.123 e. The summed E-state index contributed by atoms with van der Waals surface area (Å²) in [6.45, 7) is 0.859. The van der Waals surface area contributed by atoms with Crippen molar-refractivity contribution in [3.63, 3.8) is 0 Å². The van der Waals surface area contributed by atoms with Crippen LogP contribution in [0.5, 0.6) is 0 Å². The van der Waals surface area contributed by atoms with E-state index in [-0.39, 0.29) is 5.82 Å². The van der Waals surface area contributed by atoms with E-state index in [2.05, 4.69) is 0 Å². The highest BCUT2D eigenvalue weighted by Gasteiger charge is 2.22. The first-order chi connectivity index (χ1) is 5.34. The Bertz CT molecular complexity index is 238. The van der Waals surface area contributed by atoms with E-state index in [0.717, 1.165) is 18.6 Å². The summed E-state index contributed by atoms with van der Waals surface area (Å²) >= 11 is 0. The maximum absolute atomic E-state index is 12.4. The molecule has 0 N–H and O–H groups in total. The monoisotopic (exact) mass is 152 g/mol. The van der Waals surface area contributed by atoms with Gasteiger partial charge in [0.1, 0.15) is 5.82 Å². The number of hydrogen-bond acceptors (Lipinski definition) is 1. The predicted molar refractivity (Wildman–Crippen MR) is 39.8 cm³/mol. The van der Waals surface area contributed by atoms with Crippen LogP contribution in [0.1, 0.15) is 5.56 Å². The molecule has 1 aliphatic rings. The van der Waals surface area contributed by atoms with Crippen molar-refractivity contribution in [3.05, 3.63) is 35.6 Å². The molecule has 0 radical (unpaired) electrons. The van der Waals surface area contributed by atoms with E-state index >= 15 is 0 Å². The van der Waals surface area contributed by atoms with Gasteiger partial charge in [0.2, 0.25) is 0 Å². The van der Waals surface area contributed by atoms with Gasteiger partial charge < -0.3 is 4.74 Å². The van der Waals surface area contributed by atoms with Crippen LogP contribution in [0.2, 0.25) is 0 Å². The number of ether oxygens (including phenoxy) is 1. The summed E-state index contributed by atoms with van der Waals surface area (Å²) in [5, 5.41) is 0. The van der Waals surface area contributed by atoms with E-state index < -0.39 is 0 Å². The van der Waals surface area contributed by atoms with Gasteiger partial charge in [0, 0.05) is 6.42 Å². The molecule has 1 aromatic carbocycles. The highest BCUT2D eigenvalue weighted by molar-refractivity contribution is 5.17. The lowest BCUT2D eigenvalue weighted by molar-refractivity contribution is 0.407. The molecule has 0 unspecified atom stereocenters. The van der Waals surface area contributed by atoms with Gasteiger partial charge in [-0.15, -0.1) is 0 Å². The molecule has 0 spiro atoms. The zero-order valence-electron chi connectivity index (χ0n) is 6.09. The molecular formula is C9H9FO. The molecule has 2 heteroatoms. The van der Waals surface area contributed by atoms with Gasteiger partial charge in [-0.25, -0.2) is 4.39 Å². The van der Waals surface area contributed by atoms with Crippen molar-refractivity contribution >= 4 is 0 Å². The van der Waals surface area contributed by atoms with Gasteiger partial charge >= 0.3 is 0 Å². The Kier molecular flexibility index (Phi) is 1.62. The van der Waals surface area contributed by atoms with Gasteiger partial charge in [-0.05, 0) is 17.7 Å². The Hall–Kier alpha value is -0.890. The summed E-state index contributed by atoms with van der Waals surface area (Å²) in [5.74, 6) is -0.175. The van der Waals surface area contributed by atoms with Crippen LogP contribution in [-0.4, -0.2) is 12.7 Å². The molecule has 0 amide bonds. The van der Waals surface area contributed by atoms with Gasteiger partial charge in [-0.2, -0.15) is 0 Å². The minimum absolute atomic E-state index is 0.175. The van der Waals surface area contributed by atoms with Gasteiger partial charge in [0.05, 0.1) is 12.7 Å². The molecule has 2 rings (SSSR count). The third-order valence-electron chi connectivity index (χ3n) is 1.78.